The van der Waals surface area contributed by atoms with Crippen molar-refractivity contribution in [2.24, 2.45) is 0 Å². The molecule has 0 radical (unpaired) electrons. The molecule has 0 fully saturated rings. The minimum absolute atomic E-state index is 0.344. The van der Waals surface area contributed by atoms with Crippen LogP contribution in [-0.4, -0.2) is 10.1 Å². The molecule has 0 aliphatic rings. The van der Waals surface area contributed by atoms with E-state index in [4.69, 9.17) is 0 Å². The van der Waals surface area contributed by atoms with Gasteiger partial charge in [0.1, 0.15) is 10.8 Å². The molecule has 0 unspecified atom stereocenters. The van der Waals surface area contributed by atoms with E-state index in [1.807, 2.05) is 6.07 Å². The molecule has 2 aromatic rings. The maximum Gasteiger partial charge on any atom is 0.137 e. The number of benzene rings is 1. The number of hydrogen-bond acceptors (Lipinski definition) is 3. The molecule has 0 saturated heterocycles. The summed E-state index contributed by atoms with van der Waals surface area (Å²) >= 11 is 4.51. The fourth-order valence-corrected chi connectivity index (χ4v) is 2.70. The highest BCUT2D eigenvalue weighted by Gasteiger charge is 2.14. The van der Waals surface area contributed by atoms with Crippen LogP contribution in [0.1, 0.15) is 18.6 Å². The normalized spacial score (nSPS) is 12.4. The summed E-state index contributed by atoms with van der Waals surface area (Å²) in [6.45, 7) is 1.62. The molecule has 0 bridgehead atoms. The van der Waals surface area contributed by atoms with E-state index < -0.39 is 6.10 Å². The SMILES string of the molecule is C[C@@H](O)c1cccc(F)c1Sc1ccc(Br)cn1. The molecule has 5 heteroatoms. The van der Waals surface area contributed by atoms with Crippen LogP contribution in [0.5, 0.6) is 0 Å². The summed E-state index contributed by atoms with van der Waals surface area (Å²) in [7, 11) is 0. The zero-order valence-corrected chi connectivity index (χ0v) is 12.0. The quantitative estimate of drug-likeness (QED) is 0.917. The van der Waals surface area contributed by atoms with Crippen molar-refractivity contribution in [3.63, 3.8) is 0 Å². The number of hydrogen-bond donors (Lipinski definition) is 1. The highest BCUT2D eigenvalue weighted by molar-refractivity contribution is 9.10. The molecule has 0 spiro atoms. The van der Waals surface area contributed by atoms with Gasteiger partial charge in [0.2, 0.25) is 0 Å². The Morgan fingerprint density at radius 1 is 1.33 bits per heavy atom. The molecule has 1 aromatic carbocycles. The monoisotopic (exact) mass is 327 g/mol. The van der Waals surface area contributed by atoms with E-state index in [1.165, 1.54) is 17.8 Å². The van der Waals surface area contributed by atoms with E-state index in [0.717, 1.165) is 4.47 Å². The summed E-state index contributed by atoms with van der Waals surface area (Å²) in [6.07, 6.45) is 0.948. The van der Waals surface area contributed by atoms with E-state index >= 15 is 0 Å². The maximum atomic E-state index is 13.8. The van der Waals surface area contributed by atoms with Crippen LogP contribution in [0.25, 0.3) is 0 Å². The van der Waals surface area contributed by atoms with Crippen LogP contribution in [0, 0.1) is 5.82 Å². The van der Waals surface area contributed by atoms with Crippen molar-refractivity contribution in [1.82, 2.24) is 4.98 Å². The van der Waals surface area contributed by atoms with Crippen molar-refractivity contribution in [2.75, 3.05) is 0 Å². The lowest BCUT2D eigenvalue weighted by molar-refractivity contribution is 0.195. The Kier molecular flexibility index (Phi) is 4.37. The third kappa shape index (κ3) is 3.10. The fourth-order valence-electron chi connectivity index (χ4n) is 1.49. The Morgan fingerprint density at radius 2 is 2.11 bits per heavy atom. The number of nitrogens with zero attached hydrogens (tertiary/aromatic N) is 1. The predicted octanol–water partition coefficient (Wildman–Crippen LogP) is 4.19. The van der Waals surface area contributed by atoms with Gasteiger partial charge in [-0.25, -0.2) is 9.37 Å². The van der Waals surface area contributed by atoms with Crippen molar-refractivity contribution >= 4 is 27.7 Å². The molecule has 0 amide bonds. The van der Waals surface area contributed by atoms with Gasteiger partial charge in [0.25, 0.3) is 0 Å². The van der Waals surface area contributed by atoms with Crippen LogP contribution in [0.3, 0.4) is 0 Å². The van der Waals surface area contributed by atoms with Crippen molar-refractivity contribution in [1.29, 1.82) is 0 Å². The zero-order valence-electron chi connectivity index (χ0n) is 9.60. The van der Waals surface area contributed by atoms with Crippen molar-refractivity contribution in [3.8, 4) is 0 Å². The Labute approximate surface area is 117 Å². The average Bonchev–Trinajstić information content (AvgIpc) is 2.34. The molecule has 1 N–H and O–H groups in total. The summed E-state index contributed by atoms with van der Waals surface area (Å²) in [5.74, 6) is -0.344. The number of aliphatic hydroxyl groups is 1. The fraction of sp³-hybridized carbons (Fsp3) is 0.154. The largest absolute Gasteiger partial charge is 0.389 e. The van der Waals surface area contributed by atoms with E-state index in [1.54, 1.807) is 31.3 Å². The number of aromatic nitrogens is 1. The van der Waals surface area contributed by atoms with E-state index in [0.29, 0.717) is 15.5 Å². The van der Waals surface area contributed by atoms with Gasteiger partial charge in [-0.1, -0.05) is 23.9 Å². The van der Waals surface area contributed by atoms with E-state index in [9.17, 15) is 9.50 Å². The lowest BCUT2D eigenvalue weighted by atomic mass is 10.1. The van der Waals surface area contributed by atoms with Crippen molar-refractivity contribution in [3.05, 3.63) is 52.4 Å². The molecular formula is C13H11BrFNOS. The van der Waals surface area contributed by atoms with Crippen LogP contribution in [0.15, 0.2) is 50.9 Å². The third-order valence-corrected chi connectivity index (χ3v) is 3.91. The van der Waals surface area contributed by atoms with Crippen LogP contribution >= 0.6 is 27.7 Å². The molecule has 0 aliphatic heterocycles. The molecule has 94 valence electrons. The van der Waals surface area contributed by atoms with Gasteiger partial charge in [-0.15, -0.1) is 0 Å². The number of aliphatic hydroxyl groups excluding tert-OH is 1. The summed E-state index contributed by atoms with van der Waals surface area (Å²) < 4.78 is 14.7. The van der Waals surface area contributed by atoms with Crippen LogP contribution in [0.2, 0.25) is 0 Å². The van der Waals surface area contributed by atoms with Gasteiger partial charge in [0.05, 0.1) is 11.0 Å². The van der Waals surface area contributed by atoms with Gasteiger partial charge in [-0.05, 0) is 46.6 Å². The Bertz CT molecular complexity index is 545. The third-order valence-electron chi connectivity index (χ3n) is 2.35. The zero-order chi connectivity index (χ0) is 13.1. The van der Waals surface area contributed by atoms with Gasteiger partial charge in [-0.3, -0.25) is 0 Å². The summed E-state index contributed by atoms with van der Waals surface area (Å²) in [5, 5.41) is 10.3. The molecule has 2 rings (SSSR count). The maximum absolute atomic E-state index is 13.8. The first-order chi connectivity index (χ1) is 8.58. The molecule has 2 nitrogen and oxygen atoms in total. The highest BCUT2D eigenvalue weighted by atomic mass is 79.9. The van der Waals surface area contributed by atoms with Crippen LogP contribution in [0.4, 0.5) is 4.39 Å². The first kappa shape index (κ1) is 13.5. The predicted molar refractivity (Wildman–Crippen MR) is 73.1 cm³/mol. The first-order valence-corrected chi connectivity index (χ1v) is 6.95. The number of pyridine rings is 1. The Morgan fingerprint density at radius 3 is 2.72 bits per heavy atom. The topological polar surface area (TPSA) is 33.1 Å². The second-order valence-electron chi connectivity index (χ2n) is 3.75. The summed E-state index contributed by atoms with van der Waals surface area (Å²) in [5.41, 5.74) is 0.574. The smallest absolute Gasteiger partial charge is 0.137 e. The summed E-state index contributed by atoms with van der Waals surface area (Å²) in [6, 6.07) is 8.34. The highest BCUT2D eigenvalue weighted by Crippen LogP contribution is 2.34. The van der Waals surface area contributed by atoms with Crippen molar-refractivity contribution in [2.45, 2.75) is 22.9 Å². The average molecular weight is 328 g/mol. The first-order valence-electron chi connectivity index (χ1n) is 5.34. The van der Waals surface area contributed by atoms with Gasteiger partial charge in [-0.2, -0.15) is 0 Å². The van der Waals surface area contributed by atoms with E-state index in [2.05, 4.69) is 20.9 Å². The van der Waals surface area contributed by atoms with Crippen LogP contribution in [-0.2, 0) is 0 Å². The van der Waals surface area contributed by atoms with Gasteiger partial charge in [0, 0.05) is 10.7 Å². The minimum atomic E-state index is -0.710. The standard InChI is InChI=1S/C13H11BrFNOS/c1-8(17)10-3-2-4-11(15)13(10)18-12-6-5-9(14)7-16-12/h2-8,17H,1H3/t8-/m1/s1. The minimum Gasteiger partial charge on any atom is -0.389 e. The summed E-state index contributed by atoms with van der Waals surface area (Å²) in [4.78, 5) is 4.60. The van der Waals surface area contributed by atoms with Gasteiger partial charge in [0.15, 0.2) is 0 Å². The molecule has 0 aliphatic carbocycles. The molecule has 1 heterocycles. The van der Waals surface area contributed by atoms with E-state index in [-0.39, 0.29) is 5.82 Å². The second-order valence-corrected chi connectivity index (χ2v) is 5.70. The molecular weight excluding hydrogens is 317 g/mol. The second kappa shape index (κ2) is 5.82. The Balaban J connectivity index is 2.36. The molecule has 0 saturated carbocycles. The Hall–Kier alpha value is -0.910. The van der Waals surface area contributed by atoms with Crippen LogP contribution < -0.4 is 0 Å². The van der Waals surface area contributed by atoms with Gasteiger partial charge >= 0.3 is 0 Å². The van der Waals surface area contributed by atoms with Crippen molar-refractivity contribution < 1.29 is 9.50 Å². The molecule has 18 heavy (non-hydrogen) atoms. The molecule has 1 aromatic heterocycles. The lowest BCUT2D eigenvalue weighted by Gasteiger charge is -2.11. The number of rotatable bonds is 3. The van der Waals surface area contributed by atoms with Gasteiger partial charge < -0.3 is 5.11 Å². The lowest BCUT2D eigenvalue weighted by Crippen LogP contribution is -1.96. The molecule has 1 atom stereocenters. The number of halogens is 2.